The molecular formula is C88H143N27O34. The third kappa shape index (κ3) is 47.5. The Kier molecular flexibility index (Phi) is 58.4. The summed E-state index contributed by atoms with van der Waals surface area (Å²) in [5.41, 5.74) is 33.6. The number of aliphatic hydroxyl groups excluding tert-OH is 5. The number of aliphatic carboxylic acids is 4. The lowest BCUT2D eigenvalue weighted by Gasteiger charge is -2.30. The van der Waals surface area contributed by atoms with E-state index in [1.807, 2.05) is 10.6 Å². The van der Waals surface area contributed by atoms with Crippen molar-refractivity contribution in [3.05, 3.63) is 35.9 Å². The highest BCUT2D eigenvalue weighted by Crippen LogP contribution is 2.22. The number of amides is 21. The predicted octanol–water partition coefficient (Wildman–Crippen LogP) is -16.0. The fourth-order valence-electron chi connectivity index (χ4n) is 14.4. The Morgan fingerprint density at radius 2 is 0.718 bits per heavy atom. The molecule has 1 heterocycles. The van der Waals surface area contributed by atoms with E-state index < -0.39 is 359 Å². The number of carbonyl (C=O) groups excluding carboxylic acids is 21. The van der Waals surface area contributed by atoms with Crippen LogP contribution in [0.25, 0.3) is 0 Å². The first-order valence-electron chi connectivity index (χ1n) is 47.5. The van der Waals surface area contributed by atoms with Crippen molar-refractivity contribution in [3.63, 3.8) is 0 Å². The number of carboxylic acid groups (broad SMARTS) is 4. The van der Waals surface area contributed by atoms with Gasteiger partial charge in [-0.2, -0.15) is 0 Å². The van der Waals surface area contributed by atoms with Gasteiger partial charge in [-0.3, -0.25) is 120 Å². The summed E-state index contributed by atoms with van der Waals surface area (Å²) in [5.74, 6) is -34.4. The summed E-state index contributed by atoms with van der Waals surface area (Å²) in [7, 11) is 0. The third-order valence-electron chi connectivity index (χ3n) is 22.4. The SMILES string of the molecule is CC(C)C[C@H](NC(=O)[C@@H](NC(=O)[C@H](CCCCN)NC(=O)[C@H](CC(N)=O)NC(=O)[C@@H](N)CC(=O)O)C(C)C)C(=O)N[C@H](C(=O)N[C@@H](CO)C(=O)N[C@@H](CO)C(=O)N[C@@H](C)C(=O)N[C@@H](CO)C(=O)N[C@@H](CC(N)=O)C(=O)N[C@@H](CCCNC(=N)N)C(=O)NCC(=O)N[C@@H](CCCCN)C(=O)N[C@@H](CO)C(=O)N[C@@H](CC(=O)O)C(=O)N[C@@H](CC(=O)O)C(=O)N[C@@H](Cc1ccccc1)C(=O)N1CCC[C@H]1C(=O)N[C@@H](CO)C(=O)O)C(C)C. The van der Waals surface area contributed by atoms with Crippen molar-refractivity contribution in [2.24, 2.45) is 52.2 Å². The van der Waals surface area contributed by atoms with Crippen LogP contribution < -0.4 is 135 Å². The van der Waals surface area contributed by atoms with Gasteiger partial charge in [-0.05, 0) is 114 Å². The maximum Gasteiger partial charge on any atom is 0.328 e. The summed E-state index contributed by atoms with van der Waals surface area (Å²) in [4.78, 5) is 336. The summed E-state index contributed by atoms with van der Waals surface area (Å²) in [6.07, 6.45) is -5.72. The fourth-order valence-corrected chi connectivity index (χ4v) is 14.4. The zero-order chi connectivity index (χ0) is 113. The Labute approximate surface area is 853 Å². The first kappa shape index (κ1) is 130. The molecule has 61 heteroatoms. The van der Waals surface area contributed by atoms with Crippen LogP contribution in [0.15, 0.2) is 30.3 Å². The van der Waals surface area contributed by atoms with Gasteiger partial charge in [0, 0.05) is 19.5 Å². The van der Waals surface area contributed by atoms with E-state index in [0.717, 1.165) is 11.8 Å². The minimum Gasteiger partial charge on any atom is -0.481 e. The van der Waals surface area contributed by atoms with Gasteiger partial charge in [-0.1, -0.05) is 71.9 Å². The summed E-state index contributed by atoms with van der Waals surface area (Å²) in [6.45, 7) is 3.11. The average molecular weight is 2120 g/mol. The van der Waals surface area contributed by atoms with Crippen molar-refractivity contribution in [1.82, 2.24) is 106 Å². The molecule has 19 atom stereocenters. The molecule has 0 spiro atoms. The lowest BCUT2D eigenvalue weighted by molar-refractivity contribution is -0.146. The maximum atomic E-state index is 14.3. The quantitative estimate of drug-likeness (QED) is 0.0164. The molecule has 0 radical (unpaired) electrons. The smallest absolute Gasteiger partial charge is 0.328 e. The van der Waals surface area contributed by atoms with E-state index >= 15 is 0 Å². The van der Waals surface area contributed by atoms with E-state index in [0.29, 0.717) is 12.0 Å². The van der Waals surface area contributed by atoms with E-state index in [1.54, 1.807) is 44.2 Å². The molecule has 834 valence electrons. The van der Waals surface area contributed by atoms with Gasteiger partial charge in [-0.25, -0.2) is 4.79 Å². The Morgan fingerprint density at radius 1 is 0.369 bits per heavy atom. The van der Waals surface area contributed by atoms with Gasteiger partial charge < -0.3 is 186 Å². The Morgan fingerprint density at radius 3 is 1.12 bits per heavy atom. The molecule has 1 aromatic carbocycles. The molecule has 2 rings (SSSR count). The molecule has 149 heavy (non-hydrogen) atoms. The molecule has 21 amide bonds. The van der Waals surface area contributed by atoms with Gasteiger partial charge in [-0.15, -0.1) is 0 Å². The van der Waals surface area contributed by atoms with Crippen molar-refractivity contribution >= 4 is 154 Å². The van der Waals surface area contributed by atoms with Crippen LogP contribution in [0.1, 0.15) is 157 Å². The van der Waals surface area contributed by atoms with E-state index in [4.69, 9.17) is 44.9 Å². The maximum absolute atomic E-state index is 14.3. The number of guanidine groups is 1. The number of rotatable bonds is 71. The van der Waals surface area contributed by atoms with Gasteiger partial charge in [0.2, 0.25) is 124 Å². The molecule has 1 aliphatic heterocycles. The number of aliphatic hydroxyl groups is 5. The Bertz CT molecular complexity index is 4810. The van der Waals surface area contributed by atoms with Crippen molar-refractivity contribution in [2.45, 2.75) is 272 Å². The second-order valence-electron chi connectivity index (χ2n) is 35.9. The van der Waals surface area contributed by atoms with Crippen LogP contribution in [-0.2, 0) is 126 Å². The summed E-state index contributed by atoms with van der Waals surface area (Å²) in [6, 6.07) is -26.2. The van der Waals surface area contributed by atoms with Gasteiger partial charge in [0.05, 0.1) is 77.7 Å². The molecule has 1 fully saturated rings. The second kappa shape index (κ2) is 66.9. The number of carboxylic acids is 4. The van der Waals surface area contributed by atoms with E-state index in [-0.39, 0.29) is 96.3 Å². The van der Waals surface area contributed by atoms with E-state index in [1.165, 1.54) is 27.7 Å². The van der Waals surface area contributed by atoms with Crippen molar-refractivity contribution < 1.29 is 166 Å². The van der Waals surface area contributed by atoms with E-state index in [2.05, 4.69) is 90.4 Å². The standard InChI is InChI=1S/C88H143N27O34/c1-40(2)27-49(106-84(145)67(41(3)4)113-73(134)48(20-12-14-24-90)101-74(135)50(30-61(92)121)102-70(131)45(91)29-64(124)125)78(139)114-68(42(5)6)85(146)111-58(38-119)82(143)110-55(35-116)79(140)98-43(7)69(130)108-56(36-117)80(141)103-51(31-62(93)122)75(136)100-46(21-15-25-96-88(94)95)71(132)97-34-63(123)99-47(19-11-13-23-89)72(133)109-57(37-118)81(142)105-52(32-65(126)127)76(137)104-53(33-66(128)129)77(138)107-54(28-44-17-9-8-10-18-44)86(147)115-26-16-22-60(115)83(144)112-59(39-120)87(148)149/h8-10,17-18,40-43,45-60,67-68,116-120H,11-16,19-39,89-91H2,1-7H3,(H2,92,121)(H2,93,122)(H,97,132)(H,98,140)(H,99,123)(H,100,136)(H,101,135)(H,102,131)(H,103,141)(H,104,137)(H,105,142)(H,106,145)(H,107,138)(H,108,130)(H,109,133)(H,110,143)(H,111,146)(H,112,144)(H,113,134)(H,114,139)(H,124,125)(H,126,127)(H,128,129)(H,148,149)(H4,94,95,96)/t43-,45-,46-,47-,48-,49-,50-,51-,52-,53-,54-,55-,56-,57-,58-,59-,60-,67-,68-/m0/s1. The minimum atomic E-state index is -2.26. The van der Waals surface area contributed by atoms with Gasteiger partial charge >= 0.3 is 23.9 Å². The Hall–Kier alpha value is -15.1. The van der Waals surface area contributed by atoms with Gasteiger partial charge in [0.15, 0.2) is 5.96 Å². The second-order valence-corrected chi connectivity index (χ2v) is 35.9. The number of nitrogens with two attached hydrogens (primary N) is 6. The zero-order valence-electron chi connectivity index (χ0n) is 83.3. The van der Waals surface area contributed by atoms with Crippen molar-refractivity contribution in [1.29, 1.82) is 5.41 Å². The van der Waals surface area contributed by atoms with Crippen LogP contribution in [-0.4, -0.2) is 385 Å². The lowest BCUT2D eigenvalue weighted by atomic mass is 9.98. The molecule has 1 saturated heterocycles. The molecule has 0 saturated carbocycles. The number of hydrogen-bond acceptors (Lipinski definition) is 34. The molecule has 0 bridgehead atoms. The third-order valence-corrected chi connectivity index (χ3v) is 22.4. The molecule has 0 aromatic heterocycles. The van der Waals surface area contributed by atoms with Crippen LogP contribution in [0.3, 0.4) is 0 Å². The average Bonchev–Trinajstić information content (AvgIpc) is 1.68. The molecule has 41 N–H and O–H groups in total. The zero-order valence-corrected chi connectivity index (χ0v) is 83.3. The number of carbonyl (C=O) groups is 25. The number of primary amides is 2. The summed E-state index contributed by atoms with van der Waals surface area (Å²) < 4.78 is 0. The summed E-state index contributed by atoms with van der Waals surface area (Å²) in [5, 5.41) is 140. The molecule has 0 aliphatic carbocycles. The number of hydrogen-bond donors (Lipinski definition) is 35. The van der Waals surface area contributed by atoms with Crippen molar-refractivity contribution in [3.8, 4) is 0 Å². The minimum absolute atomic E-state index is 0.00271. The van der Waals surface area contributed by atoms with Gasteiger partial charge in [0.25, 0.3) is 0 Å². The largest absolute Gasteiger partial charge is 0.481 e. The fraction of sp³-hybridized carbons (Fsp3) is 0.636. The number of benzene rings is 1. The highest BCUT2D eigenvalue weighted by Gasteiger charge is 2.44. The van der Waals surface area contributed by atoms with Crippen LogP contribution in [0, 0.1) is 23.2 Å². The molecule has 1 aromatic rings. The molecular weight excluding hydrogens is 1980 g/mol. The monoisotopic (exact) mass is 2120 g/mol. The van der Waals surface area contributed by atoms with Crippen LogP contribution in [0.5, 0.6) is 0 Å². The molecule has 1 aliphatic rings. The Balaban J connectivity index is 2.32. The highest BCUT2D eigenvalue weighted by atomic mass is 16.4. The number of unbranched alkanes of at least 4 members (excludes halogenated alkanes) is 2. The topological polar surface area (TPSA) is 1020 Å². The van der Waals surface area contributed by atoms with Gasteiger partial charge in [0.1, 0.15) is 109 Å². The van der Waals surface area contributed by atoms with Crippen LogP contribution in [0.4, 0.5) is 0 Å². The van der Waals surface area contributed by atoms with Crippen LogP contribution >= 0.6 is 0 Å². The number of nitrogens with one attached hydrogen (secondary N) is 20. The predicted molar refractivity (Wildman–Crippen MR) is 516 cm³/mol. The number of nitrogens with zero attached hydrogens (tertiary/aromatic N) is 1. The summed E-state index contributed by atoms with van der Waals surface area (Å²) >= 11 is 0. The lowest BCUT2D eigenvalue weighted by Crippen LogP contribution is -2.62. The number of likely N-dealkylation sites (tertiary alicyclic amines) is 1. The van der Waals surface area contributed by atoms with Crippen LogP contribution in [0.2, 0.25) is 0 Å². The first-order valence-corrected chi connectivity index (χ1v) is 47.5. The van der Waals surface area contributed by atoms with Crippen molar-refractivity contribution in [2.75, 3.05) is 65.8 Å². The first-order chi connectivity index (χ1) is 70.0. The highest BCUT2D eigenvalue weighted by molar-refractivity contribution is 6.04. The van der Waals surface area contributed by atoms with E-state index in [9.17, 15) is 161 Å². The molecule has 0 unspecified atom stereocenters. The molecule has 61 nitrogen and oxygen atoms in total. The normalized spacial score (nSPS) is 15.7.